The molecule has 2 aliphatic carbocycles. The molecule has 1 fully saturated rings. The van der Waals surface area contributed by atoms with E-state index in [0.717, 1.165) is 35.1 Å². The summed E-state index contributed by atoms with van der Waals surface area (Å²) in [7, 11) is 0. The lowest BCUT2D eigenvalue weighted by molar-refractivity contribution is -0.148. The first kappa shape index (κ1) is 24.8. The number of carbonyl (C=O) groups is 3. The molecule has 0 unspecified atom stereocenters. The third kappa shape index (κ3) is 5.34. The van der Waals surface area contributed by atoms with Crippen molar-refractivity contribution in [3.8, 4) is 11.1 Å². The van der Waals surface area contributed by atoms with Gasteiger partial charge in [-0.05, 0) is 41.0 Å². The van der Waals surface area contributed by atoms with Crippen LogP contribution in [0.15, 0.2) is 48.5 Å². The Labute approximate surface area is 206 Å². The number of alkyl carbamates (subject to hydrolysis) is 1. The van der Waals surface area contributed by atoms with Gasteiger partial charge in [0.2, 0.25) is 5.91 Å². The van der Waals surface area contributed by atoms with Crippen LogP contribution in [0.1, 0.15) is 63.0 Å². The van der Waals surface area contributed by atoms with E-state index in [1.807, 2.05) is 38.1 Å². The molecule has 0 radical (unpaired) electrons. The first-order valence-electron chi connectivity index (χ1n) is 12.4. The molecule has 2 aromatic carbocycles. The van der Waals surface area contributed by atoms with E-state index < -0.39 is 23.5 Å². The van der Waals surface area contributed by atoms with Crippen LogP contribution in [-0.2, 0) is 14.3 Å². The molecule has 0 aromatic heterocycles. The summed E-state index contributed by atoms with van der Waals surface area (Å²) in [6.07, 6.45) is 2.39. The van der Waals surface area contributed by atoms with Crippen molar-refractivity contribution in [1.29, 1.82) is 0 Å². The van der Waals surface area contributed by atoms with Crippen molar-refractivity contribution < 1.29 is 24.2 Å². The molecule has 1 saturated carbocycles. The lowest BCUT2D eigenvalue weighted by Crippen LogP contribution is -2.45. The van der Waals surface area contributed by atoms with Gasteiger partial charge in [-0.25, -0.2) is 4.79 Å². The van der Waals surface area contributed by atoms with Gasteiger partial charge in [0.15, 0.2) is 0 Å². The van der Waals surface area contributed by atoms with Crippen LogP contribution in [0.3, 0.4) is 0 Å². The van der Waals surface area contributed by atoms with Gasteiger partial charge in [0.1, 0.15) is 6.61 Å². The zero-order chi connectivity index (χ0) is 25.0. The van der Waals surface area contributed by atoms with Gasteiger partial charge in [0, 0.05) is 24.9 Å². The highest BCUT2D eigenvalue weighted by Crippen LogP contribution is 2.44. The van der Waals surface area contributed by atoms with Crippen LogP contribution < -0.4 is 10.6 Å². The summed E-state index contributed by atoms with van der Waals surface area (Å²) in [5.41, 5.74) is 3.73. The Kier molecular flexibility index (Phi) is 7.43. The third-order valence-electron chi connectivity index (χ3n) is 7.50. The van der Waals surface area contributed by atoms with Gasteiger partial charge < -0.3 is 20.5 Å². The van der Waals surface area contributed by atoms with E-state index in [-0.39, 0.29) is 37.3 Å². The van der Waals surface area contributed by atoms with E-state index in [4.69, 9.17) is 4.74 Å². The maximum Gasteiger partial charge on any atom is 0.407 e. The highest BCUT2D eigenvalue weighted by molar-refractivity contribution is 5.81. The second-order valence-corrected chi connectivity index (χ2v) is 10.1. The van der Waals surface area contributed by atoms with E-state index in [1.165, 1.54) is 0 Å². The van der Waals surface area contributed by atoms with E-state index >= 15 is 0 Å². The van der Waals surface area contributed by atoms with Gasteiger partial charge in [-0.3, -0.25) is 9.59 Å². The molecule has 0 aliphatic heterocycles. The van der Waals surface area contributed by atoms with Crippen molar-refractivity contribution in [3.63, 3.8) is 0 Å². The molecule has 4 rings (SSSR count). The molecule has 0 bridgehead atoms. The number of benzene rings is 2. The first-order chi connectivity index (χ1) is 16.8. The molecular weight excluding hydrogens is 444 g/mol. The molecular formula is C28H34N2O5. The molecule has 2 aliphatic rings. The summed E-state index contributed by atoms with van der Waals surface area (Å²) < 4.78 is 5.63. The summed E-state index contributed by atoms with van der Waals surface area (Å²) in [6.45, 7) is 4.18. The molecule has 0 heterocycles. The Morgan fingerprint density at radius 3 is 2.11 bits per heavy atom. The number of amides is 2. The number of nitrogens with one attached hydrogen (secondary N) is 2. The van der Waals surface area contributed by atoms with E-state index in [9.17, 15) is 19.5 Å². The molecule has 2 amide bonds. The standard InChI is InChI=1S/C28H34N2O5/c1-18(2)24(15-25(31)29-17-28(26(32)33)13-7-8-14-28)30-27(34)35-16-23-21-11-5-3-9-19(21)20-10-4-6-12-22(20)23/h3-6,9-12,18,23-24H,7-8,13-17H2,1-2H3,(H,29,31)(H,30,34)(H,32,33)/t24-/m0/s1. The van der Waals surface area contributed by atoms with E-state index in [0.29, 0.717) is 12.8 Å². The Morgan fingerprint density at radius 1 is 1.00 bits per heavy atom. The number of hydrogen-bond acceptors (Lipinski definition) is 4. The fraction of sp³-hybridized carbons (Fsp3) is 0.464. The van der Waals surface area contributed by atoms with Gasteiger partial charge in [-0.2, -0.15) is 0 Å². The minimum absolute atomic E-state index is 0.00106. The third-order valence-corrected chi connectivity index (χ3v) is 7.50. The molecule has 35 heavy (non-hydrogen) atoms. The van der Waals surface area contributed by atoms with Crippen LogP contribution in [0, 0.1) is 11.3 Å². The lowest BCUT2D eigenvalue weighted by Gasteiger charge is -2.26. The van der Waals surface area contributed by atoms with E-state index in [1.54, 1.807) is 0 Å². The van der Waals surface area contributed by atoms with Crippen molar-refractivity contribution in [3.05, 3.63) is 59.7 Å². The van der Waals surface area contributed by atoms with E-state index in [2.05, 4.69) is 34.9 Å². The van der Waals surface area contributed by atoms with Crippen molar-refractivity contribution in [2.45, 2.75) is 57.9 Å². The number of hydrogen-bond donors (Lipinski definition) is 3. The largest absolute Gasteiger partial charge is 0.481 e. The summed E-state index contributed by atoms with van der Waals surface area (Å²) in [5, 5.41) is 15.2. The molecule has 0 saturated heterocycles. The van der Waals surface area contributed by atoms with Gasteiger partial charge in [-0.1, -0.05) is 75.2 Å². The fourth-order valence-electron chi connectivity index (χ4n) is 5.30. The fourth-order valence-corrected chi connectivity index (χ4v) is 5.30. The highest BCUT2D eigenvalue weighted by Gasteiger charge is 2.41. The van der Waals surface area contributed by atoms with Crippen LogP contribution >= 0.6 is 0 Å². The van der Waals surface area contributed by atoms with Crippen molar-refractivity contribution >= 4 is 18.0 Å². The predicted octanol–water partition coefficient (Wildman–Crippen LogP) is 4.70. The average Bonchev–Trinajstić information content (AvgIpc) is 3.45. The lowest BCUT2D eigenvalue weighted by atomic mass is 9.86. The Bertz CT molecular complexity index is 1040. The van der Waals surface area contributed by atoms with Gasteiger partial charge in [-0.15, -0.1) is 0 Å². The average molecular weight is 479 g/mol. The molecule has 0 spiro atoms. The van der Waals surface area contributed by atoms with Gasteiger partial charge in [0.25, 0.3) is 0 Å². The van der Waals surface area contributed by atoms with Crippen LogP contribution in [-0.4, -0.2) is 42.3 Å². The van der Waals surface area contributed by atoms with Crippen molar-refractivity contribution in [2.75, 3.05) is 13.2 Å². The minimum Gasteiger partial charge on any atom is -0.481 e. The molecule has 3 N–H and O–H groups in total. The number of carbonyl (C=O) groups excluding carboxylic acids is 2. The Balaban J connectivity index is 1.32. The highest BCUT2D eigenvalue weighted by atomic mass is 16.5. The van der Waals surface area contributed by atoms with Gasteiger partial charge in [0.05, 0.1) is 5.41 Å². The monoisotopic (exact) mass is 478 g/mol. The number of carboxylic acid groups (broad SMARTS) is 1. The number of rotatable bonds is 9. The topological polar surface area (TPSA) is 105 Å². The summed E-state index contributed by atoms with van der Waals surface area (Å²) in [5.74, 6) is -1.16. The second-order valence-electron chi connectivity index (χ2n) is 10.1. The summed E-state index contributed by atoms with van der Waals surface area (Å²) >= 11 is 0. The zero-order valence-electron chi connectivity index (χ0n) is 20.4. The van der Waals surface area contributed by atoms with Crippen LogP contribution in [0.2, 0.25) is 0 Å². The van der Waals surface area contributed by atoms with Crippen LogP contribution in [0.4, 0.5) is 4.79 Å². The van der Waals surface area contributed by atoms with Crippen molar-refractivity contribution in [1.82, 2.24) is 10.6 Å². The van der Waals surface area contributed by atoms with Crippen molar-refractivity contribution in [2.24, 2.45) is 11.3 Å². The number of fused-ring (bicyclic) bond motifs is 3. The SMILES string of the molecule is CC(C)[C@H](CC(=O)NCC1(C(=O)O)CCCC1)NC(=O)OCC1c2ccccc2-c2ccccc21. The molecule has 186 valence electrons. The van der Waals surface area contributed by atoms with Crippen LogP contribution in [0.5, 0.6) is 0 Å². The quantitative estimate of drug-likeness (QED) is 0.485. The number of ether oxygens (including phenoxy) is 1. The molecule has 7 nitrogen and oxygen atoms in total. The molecule has 7 heteroatoms. The predicted molar refractivity (Wildman–Crippen MR) is 133 cm³/mol. The maximum absolute atomic E-state index is 12.7. The number of carboxylic acids is 1. The smallest absolute Gasteiger partial charge is 0.407 e. The maximum atomic E-state index is 12.7. The minimum atomic E-state index is -0.872. The van der Waals surface area contributed by atoms with Crippen LogP contribution in [0.25, 0.3) is 11.1 Å². The molecule has 2 aromatic rings. The zero-order valence-corrected chi connectivity index (χ0v) is 20.4. The van der Waals surface area contributed by atoms with Gasteiger partial charge >= 0.3 is 12.1 Å². The Morgan fingerprint density at radius 2 is 1.57 bits per heavy atom. The normalized spacial score (nSPS) is 16.9. The first-order valence-corrected chi connectivity index (χ1v) is 12.4. The Hall–Kier alpha value is -3.35. The number of aliphatic carboxylic acids is 1. The summed E-state index contributed by atoms with van der Waals surface area (Å²) in [4.78, 5) is 37.0. The second kappa shape index (κ2) is 10.5. The molecule has 1 atom stereocenters. The summed E-state index contributed by atoms with van der Waals surface area (Å²) in [6, 6.07) is 15.9.